The standard InChI is InChI=1S/C15H26O/c1-5-7-13(3)9-11-15(16)12-10-14(4)8-6-2/h9-10H,5-8,11-12H2,1-4H3. The number of rotatable bonds is 8. The Morgan fingerprint density at radius 2 is 1.25 bits per heavy atom. The van der Waals surface area contributed by atoms with Crippen LogP contribution >= 0.6 is 0 Å². The van der Waals surface area contributed by atoms with Gasteiger partial charge in [-0.25, -0.2) is 0 Å². The van der Waals surface area contributed by atoms with Crippen molar-refractivity contribution in [1.82, 2.24) is 0 Å². The molecule has 0 spiro atoms. The van der Waals surface area contributed by atoms with Crippen LogP contribution in [-0.2, 0) is 4.79 Å². The Balaban J connectivity index is 3.91. The van der Waals surface area contributed by atoms with Crippen molar-refractivity contribution in [2.75, 3.05) is 0 Å². The van der Waals surface area contributed by atoms with Crippen molar-refractivity contribution in [1.29, 1.82) is 0 Å². The molecule has 0 aromatic carbocycles. The van der Waals surface area contributed by atoms with Crippen LogP contribution in [0.3, 0.4) is 0 Å². The second-order valence-corrected chi connectivity index (χ2v) is 4.55. The Labute approximate surface area is 101 Å². The molecule has 0 radical (unpaired) electrons. The van der Waals surface area contributed by atoms with Crippen LogP contribution in [-0.4, -0.2) is 5.78 Å². The first kappa shape index (κ1) is 15.2. The molecule has 0 aromatic rings. The topological polar surface area (TPSA) is 17.1 Å². The van der Waals surface area contributed by atoms with Crippen LogP contribution in [0.2, 0.25) is 0 Å². The molecule has 0 aliphatic carbocycles. The lowest BCUT2D eigenvalue weighted by Gasteiger charge is -1.99. The molecule has 0 atom stereocenters. The maximum absolute atomic E-state index is 11.6. The van der Waals surface area contributed by atoms with Gasteiger partial charge in [0.25, 0.3) is 0 Å². The zero-order chi connectivity index (χ0) is 12.4. The molecule has 1 nitrogen and oxygen atoms in total. The van der Waals surface area contributed by atoms with Crippen molar-refractivity contribution in [3.63, 3.8) is 0 Å². The highest BCUT2D eigenvalue weighted by Crippen LogP contribution is 2.08. The lowest BCUT2D eigenvalue weighted by Crippen LogP contribution is -1.94. The van der Waals surface area contributed by atoms with Gasteiger partial charge in [0.1, 0.15) is 5.78 Å². The van der Waals surface area contributed by atoms with E-state index in [1.807, 2.05) is 0 Å². The van der Waals surface area contributed by atoms with Crippen molar-refractivity contribution in [3.05, 3.63) is 23.3 Å². The summed E-state index contributed by atoms with van der Waals surface area (Å²) >= 11 is 0. The van der Waals surface area contributed by atoms with Crippen molar-refractivity contribution in [3.8, 4) is 0 Å². The van der Waals surface area contributed by atoms with Gasteiger partial charge < -0.3 is 0 Å². The Morgan fingerprint density at radius 3 is 1.56 bits per heavy atom. The molecule has 0 rings (SSSR count). The van der Waals surface area contributed by atoms with Gasteiger partial charge in [-0.05, 0) is 26.7 Å². The lowest BCUT2D eigenvalue weighted by molar-refractivity contribution is -0.117. The molecule has 1 heteroatoms. The van der Waals surface area contributed by atoms with Gasteiger partial charge in [-0.2, -0.15) is 0 Å². The van der Waals surface area contributed by atoms with Gasteiger partial charge in [0, 0.05) is 12.8 Å². The van der Waals surface area contributed by atoms with E-state index in [1.54, 1.807) is 0 Å². The Morgan fingerprint density at radius 1 is 0.875 bits per heavy atom. The van der Waals surface area contributed by atoms with Crippen LogP contribution in [0.15, 0.2) is 23.3 Å². The molecule has 0 saturated heterocycles. The maximum atomic E-state index is 11.6. The normalized spacial score (nSPS) is 13.0. The van der Waals surface area contributed by atoms with Gasteiger partial charge in [-0.3, -0.25) is 4.79 Å². The van der Waals surface area contributed by atoms with Crippen molar-refractivity contribution in [2.24, 2.45) is 0 Å². The fraction of sp³-hybridized carbons (Fsp3) is 0.667. The third kappa shape index (κ3) is 8.46. The van der Waals surface area contributed by atoms with Gasteiger partial charge >= 0.3 is 0 Å². The van der Waals surface area contributed by atoms with E-state index in [4.69, 9.17) is 0 Å². The molecule has 0 amide bonds. The van der Waals surface area contributed by atoms with E-state index in [9.17, 15) is 4.79 Å². The second kappa shape index (κ2) is 9.38. The van der Waals surface area contributed by atoms with Crippen LogP contribution in [0.5, 0.6) is 0 Å². The monoisotopic (exact) mass is 222 g/mol. The van der Waals surface area contributed by atoms with Gasteiger partial charge in [0.05, 0.1) is 0 Å². The van der Waals surface area contributed by atoms with E-state index in [0.717, 1.165) is 25.7 Å². The zero-order valence-electron chi connectivity index (χ0n) is 11.3. The lowest BCUT2D eigenvalue weighted by atomic mass is 10.1. The van der Waals surface area contributed by atoms with Gasteiger partial charge in [0.2, 0.25) is 0 Å². The highest BCUT2D eigenvalue weighted by molar-refractivity contribution is 5.81. The van der Waals surface area contributed by atoms with E-state index in [1.165, 1.54) is 11.1 Å². The zero-order valence-corrected chi connectivity index (χ0v) is 11.3. The first-order valence-corrected chi connectivity index (χ1v) is 6.43. The molecule has 0 aromatic heterocycles. The smallest absolute Gasteiger partial charge is 0.140 e. The third-order valence-electron chi connectivity index (χ3n) is 2.65. The minimum Gasteiger partial charge on any atom is -0.299 e. The SMILES string of the molecule is CCCC(C)=CCC(=O)CC=C(C)CCC. The predicted molar refractivity (Wildman–Crippen MR) is 71.6 cm³/mol. The molecule has 92 valence electrons. The fourth-order valence-corrected chi connectivity index (χ4v) is 1.65. The van der Waals surface area contributed by atoms with Crippen LogP contribution in [0, 0.1) is 0 Å². The summed E-state index contributed by atoms with van der Waals surface area (Å²) in [6, 6.07) is 0. The number of carbonyl (C=O) groups is 1. The molecule has 0 unspecified atom stereocenters. The van der Waals surface area contributed by atoms with Crippen LogP contribution < -0.4 is 0 Å². The average Bonchev–Trinajstić information content (AvgIpc) is 2.24. The Kier molecular flexibility index (Phi) is 8.88. The molecular weight excluding hydrogens is 196 g/mol. The Hall–Kier alpha value is -0.850. The molecule has 0 saturated carbocycles. The van der Waals surface area contributed by atoms with E-state index < -0.39 is 0 Å². The fourth-order valence-electron chi connectivity index (χ4n) is 1.65. The van der Waals surface area contributed by atoms with Crippen molar-refractivity contribution < 1.29 is 4.79 Å². The first-order valence-electron chi connectivity index (χ1n) is 6.43. The summed E-state index contributed by atoms with van der Waals surface area (Å²) in [7, 11) is 0. The Bertz CT molecular complexity index is 233. The summed E-state index contributed by atoms with van der Waals surface area (Å²) in [5.41, 5.74) is 2.68. The summed E-state index contributed by atoms with van der Waals surface area (Å²) < 4.78 is 0. The van der Waals surface area contributed by atoms with E-state index in [2.05, 4.69) is 39.8 Å². The first-order chi connectivity index (χ1) is 7.60. The number of Topliss-reactive ketones (excluding diaryl/α,β-unsaturated/α-hetero) is 1. The average molecular weight is 222 g/mol. The molecule has 16 heavy (non-hydrogen) atoms. The van der Waals surface area contributed by atoms with Crippen molar-refractivity contribution >= 4 is 5.78 Å². The summed E-state index contributed by atoms with van der Waals surface area (Å²) in [5, 5.41) is 0. The van der Waals surface area contributed by atoms with Gasteiger partial charge in [0.15, 0.2) is 0 Å². The molecular formula is C15H26O. The molecule has 0 aliphatic rings. The summed E-state index contributed by atoms with van der Waals surface area (Å²) in [6.45, 7) is 8.54. The second-order valence-electron chi connectivity index (χ2n) is 4.55. The summed E-state index contributed by atoms with van der Waals surface area (Å²) in [6.07, 6.45) is 9.89. The number of allylic oxidation sites excluding steroid dienone is 4. The minimum atomic E-state index is 0.325. The molecule has 0 aliphatic heterocycles. The number of hydrogen-bond acceptors (Lipinski definition) is 1. The number of carbonyl (C=O) groups excluding carboxylic acids is 1. The van der Waals surface area contributed by atoms with E-state index in [0.29, 0.717) is 18.6 Å². The van der Waals surface area contributed by atoms with Crippen LogP contribution in [0.4, 0.5) is 0 Å². The molecule has 0 bridgehead atoms. The molecule has 0 N–H and O–H groups in total. The highest BCUT2D eigenvalue weighted by Gasteiger charge is 1.98. The van der Waals surface area contributed by atoms with Gasteiger partial charge in [-0.1, -0.05) is 50.0 Å². The molecule has 0 fully saturated rings. The van der Waals surface area contributed by atoms with Crippen molar-refractivity contribution in [2.45, 2.75) is 66.2 Å². The van der Waals surface area contributed by atoms with Gasteiger partial charge in [-0.15, -0.1) is 0 Å². The van der Waals surface area contributed by atoms with E-state index in [-0.39, 0.29) is 0 Å². The quantitative estimate of drug-likeness (QED) is 0.538. The summed E-state index contributed by atoms with van der Waals surface area (Å²) in [4.78, 5) is 11.6. The largest absolute Gasteiger partial charge is 0.299 e. The molecule has 0 heterocycles. The highest BCUT2D eigenvalue weighted by atomic mass is 16.1. The predicted octanol–water partition coefficient (Wildman–Crippen LogP) is 4.83. The third-order valence-corrected chi connectivity index (χ3v) is 2.65. The summed E-state index contributed by atoms with van der Waals surface area (Å²) in [5.74, 6) is 0.325. The number of ketones is 1. The maximum Gasteiger partial charge on any atom is 0.140 e. The minimum absolute atomic E-state index is 0.325. The van der Waals surface area contributed by atoms with Crippen LogP contribution in [0.1, 0.15) is 66.2 Å². The van der Waals surface area contributed by atoms with E-state index >= 15 is 0 Å². The number of hydrogen-bond donors (Lipinski definition) is 0. The van der Waals surface area contributed by atoms with Crippen LogP contribution in [0.25, 0.3) is 0 Å².